The van der Waals surface area contributed by atoms with Gasteiger partial charge in [-0.25, -0.2) is 0 Å². The van der Waals surface area contributed by atoms with E-state index in [-0.39, 0.29) is 18.4 Å². The number of ether oxygens (including phenoxy) is 1. The quantitative estimate of drug-likeness (QED) is 0.927. The van der Waals surface area contributed by atoms with Crippen molar-refractivity contribution in [3.63, 3.8) is 0 Å². The molecular weight excluding hydrogens is 324 g/mol. The maximum atomic E-state index is 12.4. The molecular formula is C18H18N2O3S. The largest absolute Gasteiger partial charge is 0.497 e. The number of nitrogens with one attached hydrogen (secondary N) is 1. The number of hydrogen-bond acceptors (Lipinski definition) is 4. The highest BCUT2D eigenvalue weighted by atomic mass is 32.2. The smallest absolute Gasteiger partial charge is 0.244 e. The summed E-state index contributed by atoms with van der Waals surface area (Å²) in [5, 5.41) is 2.82. The standard InChI is InChI=1S/C18H18N2O3S/c1-23-14-8-6-13(7-9-14)19-17(21)12-20-15-4-2-3-5-16(15)24-11-10-18(20)22/h2-9H,10-12H2,1H3,(H,19,21). The summed E-state index contributed by atoms with van der Waals surface area (Å²) in [6, 6.07) is 14.8. The molecule has 3 rings (SSSR count). The van der Waals surface area contributed by atoms with E-state index in [1.165, 1.54) is 0 Å². The molecule has 2 aromatic carbocycles. The normalized spacial score (nSPS) is 13.9. The van der Waals surface area contributed by atoms with E-state index in [4.69, 9.17) is 4.74 Å². The number of amides is 2. The van der Waals surface area contributed by atoms with E-state index >= 15 is 0 Å². The zero-order valence-corrected chi connectivity index (χ0v) is 14.1. The molecule has 6 heteroatoms. The van der Waals surface area contributed by atoms with Crippen LogP contribution in [0.2, 0.25) is 0 Å². The van der Waals surface area contributed by atoms with Crippen LogP contribution in [0.4, 0.5) is 11.4 Å². The predicted molar refractivity (Wildman–Crippen MR) is 95.8 cm³/mol. The average molecular weight is 342 g/mol. The minimum absolute atomic E-state index is 0.00242. The van der Waals surface area contributed by atoms with Crippen LogP contribution in [-0.4, -0.2) is 31.2 Å². The molecule has 1 aliphatic heterocycles. The van der Waals surface area contributed by atoms with Crippen molar-refractivity contribution in [2.24, 2.45) is 0 Å². The second-order valence-corrected chi connectivity index (χ2v) is 6.46. The summed E-state index contributed by atoms with van der Waals surface area (Å²) in [6.07, 6.45) is 0.426. The highest BCUT2D eigenvalue weighted by molar-refractivity contribution is 7.99. The molecule has 2 amide bonds. The summed E-state index contributed by atoms with van der Waals surface area (Å²) < 4.78 is 5.09. The first-order valence-electron chi connectivity index (χ1n) is 7.63. The van der Waals surface area contributed by atoms with E-state index in [1.807, 2.05) is 24.3 Å². The van der Waals surface area contributed by atoms with Gasteiger partial charge in [-0.1, -0.05) is 12.1 Å². The number of para-hydroxylation sites is 1. The molecule has 1 N–H and O–H groups in total. The van der Waals surface area contributed by atoms with Gasteiger partial charge in [0.15, 0.2) is 0 Å². The second kappa shape index (κ2) is 7.40. The Bertz CT molecular complexity index is 746. The Balaban J connectivity index is 1.73. The Morgan fingerprint density at radius 1 is 1.21 bits per heavy atom. The first kappa shape index (κ1) is 16.4. The van der Waals surface area contributed by atoms with Gasteiger partial charge in [-0.2, -0.15) is 0 Å². The molecule has 0 atom stereocenters. The fraction of sp³-hybridized carbons (Fsp3) is 0.222. The van der Waals surface area contributed by atoms with Crippen LogP contribution in [0.1, 0.15) is 6.42 Å². The highest BCUT2D eigenvalue weighted by Gasteiger charge is 2.24. The number of fused-ring (bicyclic) bond motifs is 1. The highest BCUT2D eigenvalue weighted by Crippen LogP contribution is 2.33. The van der Waals surface area contributed by atoms with Gasteiger partial charge < -0.3 is 15.0 Å². The number of rotatable bonds is 4. The van der Waals surface area contributed by atoms with Crippen LogP contribution >= 0.6 is 11.8 Å². The van der Waals surface area contributed by atoms with Crippen molar-refractivity contribution in [1.82, 2.24) is 0 Å². The summed E-state index contributed by atoms with van der Waals surface area (Å²) in [6.45, 7) is 0.00242. The lowest BCUT2D eigenvalue weighted by molar-refractivity contribution is -0.121. The molecule has 0 spiro atoms. The van der Waals surface area contributed by atoms with Gasteiger partial charge >= 0.3 is 0 Å². The van der Waals surface area contributed by atoms with Crippen LogP contribution in [-0.2, 0) is 9.59 Å². The van der Waals surface area contributed by atoms with Crippen molar-refractivity contribution < 1.29 is 14.3 Å². The van der Waals surface area contributed by atoms with E-state index in [2.05, 4.69) is 5.32 Å². The van der Waals surface area contributed by atoms with Crippen molar-refractivity contribution in [2.45, 2.75) is 11.3 Å². The lowest BCUT2D eigenvalue weighted by Crippen LogP contribution is -2.37. The van der Waals surface area contributed by atoms with Gasteiger partial charge in [-0.05, 0) is 36.4 Å². The minimum Gasteiger partial charge on any atom is -0.497 e. The number of thioether (sulfide) groups is 1. The number of anilines is 2. The minimum atomic E-state index is -0.227. The lowest BCUT2D eigenvalue weighted by atomic mass is 10.2. The zero-order chi connectivity index (χ0) is 16.9. The Kier molecular flexibility index (Phi) is 5.05. The monoisotopic (exact) mass is 342 g/mol. The SMILES string of the molecule is COc1ccc(NC(=O)CN2C(=O)CCSc3ccccc32)cc1. The number of benzene rings is 2. The summed E-state index contributed by atoms with van der Waals surface area (Å²) >= 11 is 1.64. The number of hydrogen-bond donors (Lipinski definition) is 1. The molecule has 0 aromatic heterocycles. The maximum absolute atomic E-state index is 12.4. The van der Waals surface area contributed by atoms with Crippen molar-refractivity contribution in [2.75, 3.05) is 29.6 Å². The van der Waals surface area contributed by atoms with Crippen LogP contribution in [0, 0.1) is 0 Å². The fourth-order valence-electron chi connectivity index (χ4n) is 2.51. The Hall–Kier alpha value is -2.47. The Labute approximate surface area is 145 Å². The Morgan fingerprint density at radius 3 is 2.71 bits per heavy atom. The van der Waals surface area contributed by atoms with Gasteiger partial charge in [-0.3, -0.25) is 9.59 Å². The van der Waals surface area contributed by atoms with E-state index in [0.717, 1.165) is 22.1 Å². The van der Waals surface area contributed by atoms with Gasteiger partial charge in [0.05, 0.1) is 12.8 Å². The van der Waals surface area contributed by atoms with Crippen LogP contribution in [0.15, 0.2) is 53.4 Å². The van der Waals surface area contributed by atoms with Crippen molar-refractivity contribution >= 4 is 35.0 Å². The van der Waals surface area contributed by atoms with Crippen LogP contribution < -0.4 is 15.0 Å². The Morgan fingerprint density at radius 2 is 1.96 bits per heavy atom. The molecule has 0 bridgehead atoms. The molecule has 1 heterocycles. The molecule has 24 heavy (non-hydrogen) atoms. The fourth-order valence-corrected chi connectivity index (χ4v) is 3.51. The molecule has 1 aliphatic rings. The number of carbonyl (C=O) groups is 2. The first-order chi connectivity index (χ1) is 11.7. The predicted octanol–water partition coefficient (Wildman–Crippen LogP) is 3.16. The van der Waals surface area contributed by atoms with Crippen LogP contribution in [0.3, 0.4) is 0 Å². The van der Waals surface area contributed by atoms with E-state index in [1.54, 1.807) is 48.0 Å². The molecule has 124 valence electrons. The van der Waals surface area contributed by atoms with Crippen LogP contribution in [0.5, 0.6) is 5.75 Å². The van der Waals surface area contributed by atoms with E-state index in [9.17, 15) is 9.59 Å². The van der Waals surface area contributed by atoms with Crippen molar-refractivity contribution in [1.29, 1.82) is 0 Å². The molecule has 0 saturated carbocycles. The topological polar surface area (TPSA) is 58.6 Å². The first-order valence-corrected chi connectivity index (χ1v) is 8.62. The van der Waals surface area contributed by atoms with Gasteiger partial charge in [-0.15, -0.1) is 11.8 Å². The molecule has 2 aromatic rings. The molecule has 0 saturated heterocycles. The van der Waals surface area contributed by atoms with Crippen molar-refractivity contribution in [3.05, 3.63) is 48.5 Å². The lowest BCUT2D eigenvalue weighted by Gasteiger charge is -2.22. The van der Waals surface area contributed by atoms with E-state index in [0.29, 0.717) is 12.1 Å². The summed E-state index contributed by atoms with van der Waals surface area (Å²) in [4.78, 5) is 27.3. The molecule has 5 nitrogen and oxygen atoms in total. The van der Waals surface area contributed by atoms with Gasteiger partial charge in [0.1, 0.15) is 12.3 Å². The number of carbonyl (C=O) groups excluding carboxylic acids is 2. The summed E-state index contributed by atoms with van der Waals surface area (Å²) in [7, 11) is 1.59. The van der Waals surface area contributed by atoms with Crippen LogP contribution in [0.25, 0.3) is 0 Å². The third kappa shape index (κ3) is 3.71. The molecule has 0 unspecified atom stereocenters. The van der Waals surface area contributed by atoms with Gasteiger partial charge in [0.25, 0.3) is 0 Å². The van der Waals surface area contributed by atoms with Gasteiger partial charge in [0.2, 0.25) is 11.8 Å². The molecule has 0 aliphatic carbocycles. The second-order valence-electron chi connectivity index (χ2n) is 5.32. The number of nitrogens with zero attached hydrogens (tertiary/aromatic N) is 1. The molecule has 0 radical (unpaired) electrons. The third-order valence-corrected chi connectivity index (χ3v) is 4.77. The summed E-state index contributed by atoms with van der Waals surface area (Å²) in [5.41, 5.74) is 1.47. The zero-order valence-electron chi connectivity index (χ0n) is 13.3. The summed E-state index contributed by atoms with van der Waals surface area (Å²) in [5.74, 6) is 1.20. The van der Waals surface area contributed by atoms with Gasteiger partial charge in [0, 0.05) is 22.8 Å². The average Bonchev–Trinajstić information content (AvgIpc) is 2.75. The number of methoxy groups -OCH3 is 1. The van der Waals surface area contributed by atoms with Crippen molar-refractivity contribution in [3.8, 4) is 5.75 Å². The molecule has 0 fully saturated rings. The van der Waals surface area contributed by atoms with E-state index < -0.39 is 0 Å². The maximum Gasteiger partial charge on any atom is 0.244 e. The third-order valence-electron chi connectivity index (χ3n) is 3.71.